The second-order valence-corrected chi connectivity index (χ2v) is 9.24. The normalized spacial score (nSPS) is 20.6. The molecule has 0 bridgehead atoms. The molecule has 2 N–H and O–H groups in total. The van der Waals surface area contributed by atoms with Crippen molar-refractivity contribution >= 4 is 33.9 Å². The number of aliphatic carboxylic acids is 1. The molecule has 1 saturated heterocycles. The van der Waals surface area contributed by atoms with Crippen molar-refractivity contribution in [3.63, 3.8) is 0 Å². The summed E-state index contributed by atoms with van der Waals surface area (Å²) < 4.78 is 0. The number of fused-ring (bicyclic) bond motifs is 2. The van der Waals surface area contributed by atoms with Crippen LogP contribution in [0.2, 0.25) is 0 Å². The molecular formula is C28H28N2O3. The van der Waals surface area contributed by atoms with Crippen molar-refractivity contribution < 1.29 is 14.7 Å². The van der Waals surface area contributed by atoms with Crippen LogP contribution < -0.4 is 10.2 Å². The first-order chi connectivity index (χ1) is 16.0. The highest BCUT2D eigenvalue weighted by Crippen LogP contribution is 2.43. The molecule has 5 rings (SSSR count). The first-order valence-electron chi connectivity index (χ1n) is 11.6. The van der Waals surface area contributed by atoms with Gasteiger partial charge in [0.05, 0.1) is 6.42 Å². The monoisotopic (exact) mass is 440 g/mol. The third kappa shape index (κ3) is 4.18. The molecule has 168 valence electrons. The molecule has 3 aromatic rings. The van der Waals surface area contributed by atoms with E-state index in [4.69, 9.17) is 0 Å². The predicted molar refractivity (Wildman–Crippen MR) is 131 cm³/mol. The summed E-state index contributed by atoms with van der Waals surface area (Å²) in [5.41, 5.74) is 4.83. The van der Waals surface area contributed by atoms with Gasteiger partial charge in [0.15, 0.2) is 0 Å². The summed E-state index contributed by atoms with van der Waals surface area (Å²) in [6.07, 6.45) is 1.54. The van der Waals surface area contributed by atoms with E-state index in [-0.39, 0.29) is 18.4 Å². The summed E-state index contributed by atoms with van der Waals surface area (Å²) in [5.74, 6) is 1.03. The Bertz CT molecular complexity index is 1260. The van der Waals surface area contributed by atoms with Crippen molar-refractivity contribution in [2.24, 2.45) is 0 Å². The van der Waals surface area contributed by atoms with Crippen molar-refractivity contribution in [1.29, 1.82) is 0 Å². The highest BCUT2D eigenvalue weighted by Gasteiger charge is 2.31. The molecule has 0 aromatic heterocycles. The Labute approximate surface area is 193 Å². The van der Waals surface area contributed by atoms with Crippen LogP contribution in [0, 0.1) is 0 Å². The summed E-state index contributed by atoms with van der Waals surface area (Å²) in [4.78, 5) is 25.0. The molecule has 5 heteroatoms. The molecule has 33 heavy (non-hydrogen) atoms. The third-order valence-electron chi connectivity index (χ3n) is 7.12. The molecule has 1 aliphatic heterocycles. The number of carboxylic acid groups (broad SMARTS) is 1. The highest BCUT2D eigenvalue weighted by molar-refractivity contribution is 5.93. The van der Waals surface area contributed by atoms with Crippen molar-refractivity contribution in [1.82, 2.24) is 5.32 Å². The Morgan fingerprint density at radius 3 is 2.82 bits per heavy atom. The summed E-state index contributed by atoms with van der Waals surface area (Å²) in [6.45, 7) is 4.07. The van der Waals surface area contributed by atoms with E-state index in [9.17, 15) is 14.7 Å². The first-order valence-corrected chi connectivity index (χ1v) is 11.6. The van der Waals surface area contributed by atoms with Crippen molar-refractivity contribution in [2.45, 2.75) is 44.2 Å². The van der Waals surface area contributed by atoms with Gasteiger partial charge >= 0.3 is 5.97 Å². The van der Waals surface area contributed by atoms with Crippen LogP contribution in [0.15, 0.2) is 60.7 Å². The van der Waals surface area contributed by atoms with Crippen molar-refractivity contribution in [3.8, 4) is 0 Å². The first kappa shape index (κ1) is 21.4. The molecular weight excluding hydrogens is 412 g/mol. The number of allylic oxidation sites excluding steroid dienone is 1. The quantitative estimate of drug-likeness (QED) is 0.531. The number of hydrogen-bond donors (Lipinski definition) is 2. The Morgan fingerprint density at radius 2 is 2.00 bits per heavy atom. The van der Waals surface area contributed by atoms with Crippen LogP contribution in [0.25, 0.3) is 16.3 Å². The minimum Gasteiger partial charge on any atom is -0.481 e. The molecule has 1 fully saturated rings. The number of carbonyl (C=O) groups excluding carboxylic acids is 1. The average Bonchev–Trinajstić information content (AvgIpc) is 3.42. The molecule has 1 aliphatic carbocycles. The van der Waals surface area contributed by atoms with Gasteiger partial charge in [-0.1, -0.05) is 48.5 Å². The number of carbonyl (C=O) groups is 1. The highest BCUT2D eigenvalue weighted by atomic mass is 16.4. The van der Waals surface area contributed by atoms with Crippen molar-refractivity contribution in [3.05, 3.63) is 77.4 Å². The maximum Gasteiger partial charge on any atom is 0.303 e. The third-order valence-corrected chi connectivity index (χ3v) is 7.12. The van der Waals surface area contributed by atoms with Gasteiger partial charge in [0.1, 0.15) is 5.94 Å². The average molecular weight is 441 g/mol. The van der Waals surface area contributed by atoms with Gasteiger partial charge in [-0.3, -0.25) is 4.79 Å². The van der Waals surface area contributed by atoms with E-state index in [2.05, 4.69) is 71.7 Å². The zero-order valence-corrected chi connectivity index (χ0v) is 18.8. The van der Waals surface area contributed by atoms with Crippen LogP contribution in [-0.4, -0.2) is 36.1 Å². The Kier molecular flexibility index (Phi) is 5.76. The van der Waals surface area contributed by atoms with Gasteiger partial charge < -0.3 is 15.3 Å². The SMILES string of the molecule is C[C@@H](N[C@H]1CCN(c2ccc3c(c2)[C@H](CC(=O)O)CC3=C=O)C1)c1cccc2ccccc12. The van der Waals surface area contributed by atoms with Gasteiger partial charge in [0, 0.05) is 36.4 Å². The summed E-state index contributed by atoms with van der Waals surface area (Å²) >= 11 is 0. The predicted octanol–water partition coefficient (Wildman–Crippen LogP) is 4.95. The molecule has 0 saturated carbocycles. The van der Waals surface area contributed by atoms with Crippen LogP contribution in [0.5, 0.6) is 0 Å². The maximum absolute atomic E-state index is 11.4. The largest absolute Gasteiger partial charge is 0.481 e. The molecule has 2 aliphatic rings. The Hall–Kier alpha value is -3.40. The molecule has 0 amide bonds. The number of anilines is 1. The van der Waals surface area contributed by atoms with E-state index in [1.165, 1.54) is 16.3 Å². The molecule has 0 radical (unpaired) electrons. The molecule has 0 spiro atoms. The van der Waals surface area contributed by atoms with Crippen LogP contribution >= 0.6 is 0 Å². The van der Waals surface area contributed by atoms with E-state index in [1.54, 1.807) is 0 Å². The van der Waals surface area contributed by atoms with E-state index >= 15 is 0 Å². The Morgan fingerprint density at radius 1 is 1.18 bits per heavy atom. The van der Waals surface area contributed by atoms with E-state index in [0.29, 0.717) is 18.0 Å². The van der Waals surface area contributed by atoms with Crippen molar-refractivity contribution in [2.75, 3.05) is 18.0 Å². The lowest BCUT2D eigenvalue weighted by Gasteiger charge is -2.23. The van der Waals surface area contributed by atoms with Gasteiger partial charge in [-0.15, -0.1) is 0 Å². The smallest absolute Gasteiger partial charge is 0.303 e. The topological polar surface area (TPSA) is 69.6 Å². The number of carboxylic acids is 1. The minimum absolute atomic E-state index is 0.0361. The second kappa shape index (κ2) is 8.86. The Balaban J connectivity index is 1.31. The fourth-order valence-corrected chi connectivity index (χ4v) is 5.52. The fraction of sp³-hybridized carbons (Fsp3) is 0.321. The summed E-state index contributed by atoms with van der Waals surface area (Å²) in [5, 5.41) is 15.7. The van der Waals surface area contributed by atoms with E-state index in [1.807, 2.05) is 12.0 Å². The second-order valence-electron chi connectivity index (χ2n) is 9.24. The summed E-state index contributed by atoms with van der Waals surface area (Å²) in [6, 6.07) is 21.7. The molecule has 3 aromatic carbocycles. The van der Waals surface area contributed by atoms with Crippen LogP contribution in [0.1, 0.15) is 54.8 Å². The van der Waals surface area contributed by atoms with E-state index in [0.717, 1.165) is 36.3 Å². The zero-order chi connectivity index (χ0) is 22.9. The van der Waals surface area contributed by atoms with Crippen LogP contribution in [0.4, 0.5) is 5.69 Å². The molecule has 0 unspecified atom stereocenters. The lowest BCUT2D eigenvalue weighted by atomic mass is 9.97. The number of nitrogens with zero attached hydrogens (tertiary/aromatic N) is 1. The lowest BCUT2D eigenvalue weighted by molar-refractivity contribution is -0.137. The lowest BCUT2D eigenvalue weighted by Crippen LogP contribution is -2.34. The van der Waals surface area contributed by atoms with Gasteiger partial charge in [-0.25, -0.2) is 4.79 Å². The zero-order valence-electron chi connectivity index (χ0n) is 18.8. The van der Waals surface area contributed by atoms with Gasteiger partial charge in [0.2, 0.25) is 0 Å². The van der Waals surface area contributed by atoms with Gasteiger partial charge in [0.25, 0.3) is 0 Å². The van der Waals surface area contributed by atoms with E-state index < -0.39 is 5.97 Å². The number of rotatable bonds is 6. The van der Waals surface area contributed by atoms with Gasteiger partial charge in [-0.2, -0.15) is 0 Å². The number of nitrogens with one attached hydrogen (secondary N) is 1. The molecule has 1 heterocycles. The van der Waals surface area contributed by atoms with Crippen LogP contribution in [0.3, 0.4) is 0 Å². The number of benzene rings is 3. The maximum atomic E-state index is 11.4. The molecule has 3 atom stereocenters. The minimum atomic E-state index is -0.837. The van der Waals surface area contributed by atoms with Gasteiger partial charge in [-0.05, 0) is 65.3 Å². The van der Waals surface area contributed by atoms with Crippen LogP contribution in [-0.2, 0) is 9.59 Å². The number of hydrogen-bond acceptors (Lipinski definition) is 4. The molecule has 5 nitrogen and oxygen atoms in total. The standard InChI is InChI=1S/C28H28N2O3/c1-18(24-8-4-6-19-5-2-3-7-25(19)24)29-22-11-12-30(16-22)23-9-10-26-21(17-31)13-20(14-28(32)33)27(26)15-23/h2-10,15,18,20,22,29H,11-14,16H2,1H3,(H,32,33)/t18-,20+,22+/m1/s1. The fourth-order valence-electron chi connectivity index (χ4n) is 5.52. The summed E-state index contributed by atoms with van der Waals surface area (Å²) in [7, 11) is 0.